The average molecular weight is 450 g/mol. The Morgan fingerprint density at radius 1 is 0.969 bits per heavy atom. The number of amides is 1. The zero-order valence-corrected chi connectivity index (χ0v) is 17.2. The molecule has 1 unspecified atom stereocenters. The summed E-state index contributed by atoms with van der Waals surface area (Å²) in [7, 11) is 0. The van der Waals surface area contributed by atoms with Crippen LogP contribution in [0.5, 0.6) is 17.2 Å². The quantitative estimate of drug-likeness (QED) is 0.349. The smallest absolute Gasteiger partial charge is 0.300 e. The van der Waals surface area contributed by atoms with Crippen molar-refractivity contribution in [1.82, 2.24) is 0 Å². The predicted molar refractivity (Wildman–Crippen MR) is 117 cm³/mol. The molecule has 2 aliphatic rings. The van der Waals surface area contributed by atoms with E-state index in [0.29, 0.717) is 33.3 Å². The molecule has 5 rings (SSSR count). The Labute approximate surface area is 187 Å². The van der Waals surface area contributed by atoms with Gasteiger partial charge in [0.2, 0.25) is 6.79 Å². The maximum atomic E-state index is 13.1. The molecule has 0 spiro atoms. The van der Waals surface area contributed by atoms with Crippen molar-refractivity contribution in [3.8, 4) is 17.2 Å². The van der Waals surface area contributed by atoms with Crippen LogP contribution in [0.2, 0.25) is 5.02 Å². The molecule has 2 aliphatic heterocycles. The Balaban J connectivity index is 1.72. The summed E-state index contributed by atoms with van der Waals surface area (Å²) in [5.74, 6) is -1.13. The lowest BCUT2D eigenvalue weighted by molar-refractivity contribution is -0.132. The highest BCUT2D eigenvalue weighted by molar-refractivity contribution is 6.51. The first-order valence-corrected chi connectivity index (χ1v) is 10.1. The second-order valence-corrected chi connectivity index (χ2v) is 7.75. The molecule has 1 amide bonds. The summed E-state index contributed by atoms with van der Waals surface area (Å²) in [6.45, 7) is 0.0575. The van der Waals surface area contributed by atoms with Crippen LogP contribution in [-0.4, -0.2) is 28.7 Å². The maximum absolute atomic E-state index is 13.1. The molecule has 7 nitrogen and oxygen atoms in total. The lowest BCUT2D eigenvalue weighted by atomic mass is 9.95. The van der Waals surface area contributed by atoms with Gasteiger partial charge in [0.1, 0.15) is 11.5 Å². The number of carbonyl (C=O) groups excluding carboxylic acids is 2. The Bertz CT molecular complexity index is 1300. The van der Waals surface area contributed by atoms with E-state index in [1.807, 2.05) is 0 Å². The van der Waals surface area contributed by atoms with Gasteiger partial charge in [-0.3, -0.25) is 14.5 Å². The summed E-state index contributed by atoms with van der Waals surface area (Å²) in [5.41, 5.74) is 1.02. The van der Waals surface area contributed by atoms with Gasteiger partial charge in [-0.2, -0.15) is 0 Å². The molecular formula is C24H16ClNO6. The first-order valence-electron chi connectivity index (χ1n) is 9.69. The zero-order chi connectivity index (χ0) is 22.4. The van der Waals surface area contributed by atoms with Crippen LogP contribution in [0.4, 0.5) is 5.69 Å². The van der Waals surface area contributed by atoms with Crippen LogP contribution < -0.4 is 14.4 Å². The number of ether oxygens (including phenoxy) is 2. The minimum Gasteiger partial charge on any atom is -0.508 e. The van der Waals surface area contributed by atoms with Crippen molar-refractivity contribution in [3.05, 3.63) is 88.5 Å². The van der Waals surface area contributed by atoms with Crippen LogP contribution in [0.3, 0.4) is 0 Å². The zero-order valence-electron chi connectivity index (χ0n) is 16.5. The van der Waals surface area contributed by atoms with E-state index in [1.165, 1.54) is 17.0 Å². The monoisotopic (exact) mass is 449 g/mol. The van der Waals surface area contributed by atoms with Gasteiger partial charge < -0.3 is 19.7 Å². The molecule has 0 aromatic heterocycles. The summed E-state index contributed by atoms with van der Waals surface area (Å²) in [6, 6.07) is 16.5. The van der Waals surface area contributed by atoms with Gasteiger partial charge in [0, 0.05) is 16.3 Å². The van der Waals surface area contributed by atoms with Crippen LogP contribution in [-0.2, 0) is 9.59 Å². The number of phenolic OH excluding ortho intramolecular Hbond substituents is 1. The minimum atomic E-state index is -0.981. The standard InChI is InChI=1S/C24H16ClNO6/c25-15-4-2-5-16(11-15)26-21(13-3-1-6-17(27)9-13)20(23(29)24(26)30)22(28)14-7-8-18-19(10-14)32-12-31-18/h1-11,21,27-28H,12H2/b22-20-. The van der Waals surface area contributed by atoms with Gasteiger partial charge in [-0.1, -0.05) is 29.8 Å². The highest BCUT2D eigenvalue weighted by Crippen LogP contribution is 2.44. The molecule has 1 fully saturated rings. The van der Waals surface area contributed by atoms with Crippen molar-refractivity contribution < 1.29 is 29.3 Å². The minimum absolute atomic E-state index is 0.0396. The SMILES string of the molecule is O=C1C(=O)N(c2cccc(Cl)c2)C(c2cccc(O)c2)/C1=C(/O)c1ccc2c(c1)OCO2. The Hall–Kier alpha value is -3.97. The van der Waals surface area contributed by atoms with Gasteiger partial charge >= 0.3 is 0 Å². The highest BCUT2D eigenvalue weighted by atomic mass is 35.5. The number of halogens is 1. The first kappa shape index (κ1) is 20.0. The molecule has 3 aromatic carbocycles. The van der Waals surface area contributed by atoms with Crippen LogP contribution in [0.1, 0.15) is 17.2 Å². The molecule has 160 valence electrons. The van der Waals surface area contributed by atoms with E-state index in [4.69, 9.17) is 21.1 Å². The lowest BCUT2D eigenvalue weighted by Crippen LogP contribution is -2.29. The maximum Gasteiger partial charge on any atom is 0.300 e. The molecule has 3 aromatic rings. The molecule has 2 heterocycles. The van der Waals surface area contributed by atoms with E-state index in [2.05, 4.69) is 0 Å². The highest BCUT2D eigenvalue weighted by Gasteiger charge is 2.47. The predicted octanol–water partition coefficient (Wildman–Crippen LogP) is 4.40. The number of benzene rings is 3. The normalized spacial score (nSPS) is 18.9. The number of aliphatic hydroxyl groups is 1. The second-order valence-electron chi connectivity index (χ2n) is 7.31. The number of aliphatic hydroxyl groups excluding tert-OH is 1. The number of Topliss-reactive ketones (excluding diaryl/α,β-unsaturated/α-hetero) is 1. The van der Waals surface area contributed by atoms with Crippen LogP contribution in [0, 0.1) is 0 Å². The summed E-state index contributed by atoms with van der Waals surface area (Å²) in [6.07, 6.45) is 0. The number of nitrogens with zero attached hydrogens (tertiary/aromatic N) is 1. The average Bonchev–Trinajstić information content (AvgIpc) is 3.35. The molecule has 0 aliphatic carbocycles. The lowest BCUT2D eigenvalue weighted by Gasteiger charge is -2.25. The van der Waals surface area contributed by atoms with Crippen molar-refractivity contribution in [3.63, 3.8) is 0 Å². The molecule has 1 saturated heterocycles. The Morgan fingerprint density at radius 3 is 2.53 bits per heavy atom. The van der Waals surface area contributed by atoms with Crippen molar-refractivity contribution >= 4 is 34.7 Å². The van der Waals surface area contributed by atoms with Crippen molar-refractivity contribution in [2.75, 3.05) is 11.7 Å². The van der Waals surface area contributed by atoms with Gasteiger partial charge in [-0.15, -0.1) is 0 Å². The number of fused-ring (bicyclic) bond motifs is 1. The number of carbonyl (C=O) groups is 2. The summed E-state index contributed by atoms with van der Waals surface area (Å²) in [4.78, 5) is 27.5. The Kier molecular flexibility index (Phi) is 4.75. The molecular weight excluding hydrogens is 434 g/mol. The van der Waals surface area contributed by atoms with Gasteiger partial charge in [-0.25, -0.2) is 0 Å². The fourth-order valence-corrected chi connectivity index (χ4v) is 4.12. The fraction of sp³-hybridized carbons (Fsp3) is 0.0833. The van der Waals surface area contributed by atoms with Crippen LogP contribution >= 0.6 is 11.6 Å². The number of phenols is 1. The molecule has 8 heteroatoms. The number of rotatable bonds is 3. The van der Waals surface area contributed by atoms with Crippen molar-refractivity contribution in [2.24, 2.45) is 0 Å². The van der Waals surface area contributed by atoms with Gasteiger partial charge in [0.25, 0.3) is 11.7 Å². The molecule has 2 N–H and O–H groups in total. The number of aromatic hydroxyl groups is 1. The number of ketones is 1. The third kappa shape index (κ3) is 3.23. The topological polar surface area (TPSA) is 96.3 Å². The van der Waals surface area contributed by atoms with E-state index >= 15 is 0 Å². The van der Waals surface area contributed by atoms with Crippen molar-refractivity contribution in [1.29, 1.82) is 0 Å². The van der Waals surface area contributed by atoms with Crippen molar-refractivity contribution in [2.45, 2.75) is 6.04 Å². The molecule has 1 atom stereocenters. The number of anilines is 1. The van der Waals surface area contributed by atoms with E-state index in [9.17, 15) is 19.8 Å². The first-order chi connectivity index (χ1) is 15.4. The molecule has 0 saturated carbocycles. The third-order valence-electron chi connectivity index (χ3n) is 5.36. The van der Waals surface area contributed by atoms with Crippen LogP contribution in [0.15, 0.2) is 72.3 Å². The van der Waals surface area contributed by atoms with E-state index < -0.39 is 17.7 Å². The molecule has 0 radical (unpaired) electrons. The summed E-state index contributed by atoms with van der Waals surface area (Å²) < 4.78 is 10.7. The van der Waals surface area contributed by atoms with Gasteiger partial charge in [0.15, 0.2) is 11.5 Å². The van der Waals surface area contributed by atoms with Gasteiger partial charge in [0.05, 0.1) is 11.6 Å². The second kappa shape index (κ2) is 7.62. The molecule has 0 bridgehead atoms. The number of hydrogen-bond donors (Lipinski definition) is 2. The van der Waals surface area contributed by atoms with Gasteiger partial charge in [-0.05, 0) is 54.1 Å². The van der Waals surface area contributed by atoms with E-state index in [1.54, 1.807) is 54.6 Å². The van der Waals surface area contributed by atoms with E-state index in [-0.39, 0.29) is 23.9 Å². The number of hydrogen-bond acceptors (Lipinski definition) is 6. The van der Waals surface area contributed by atoms with Crippen LogP contribution in [0.25, 0.3) is 5.76 Å². The Morgan fingerprint density at radius 2 is 1.75 bits per heavy atom. The molecule has 32 heavy (non-hydrogen) atoms. The largest absolute Gasteiger partial charge is 0.508 e. The third-order valence-corrected chi connectivity index (χ3v) is 5.60. The fourth-order valence-electron chi connectivity index (χ4n) is 3.93. The summed E-state index contributed by atoms with van der Waals surface area (Å²) >= 11 is 6.13. The summed E-state index contributed by atoms with van der Waals surface area (Å²) in [5, 5.41) is 21.6. The van der Waals surface area contributed by atoms with E-state index in [0.717, 1.165) is 0 Å².